The summed E-state index contributed by atoms with van der Waals surface area (Å²) in [5.74, 6) is 3.13. The van der Waals surface area contributed by atoms with E-state index in [0.29, 0.717) is 24.3 Å². The van der Waals surface area contributed by atoms with Crippen molar-refractivity contribution in [2.45, 2.75) is 50.7 Å². The molecule has 0 radical (unpaired) electrons. The standard InChI is InChI=1S/C16H25NO2S/c18-16(10-13-4-1-2-5-13)17(14-7-9-20-12-14)11-15-6-3-8-19-15/h1,4,13-15H,2-3,5-12H2/t13-,14-,15+/m1/s1. The van der Waals surface area contributed by atoms with E-state index in [4.69, 9.17) is 4.74 Å². The molecule has 0 aromatic heterocycles. The van der Waals surface area contributed by atoms with Crippen LogP contribution in [0.4, 0.5) is 0 Å². The zero-order chi connectivity index (χ0) is 13.8. The van der Waals surface area contributed by atoms with E-state index < -0.39 is 0 Å². The second-order valence-corrected chi connectivity index (χ2v) is 7.32. The van der Waals surface area contributed by atoms with E-state index in [0.717, 1.165) is 51.0 Å². The second kappa shape index (κ2) is 6.99. The molecular weight excluding hydrogens is 270 g/mol. The number of carbonyl (C=O) groups excluding carboxylic acids is 1. The average Bonchev–Trinajstić information content (AvgIpc) is 3.19. The van der Waals surface area contributed by atoms with E-state index in [1.165, 1.54) is 5.75 Å². The fourth-order valence-electron chi connectivity index (χ4n) is 3.44. The lowest BCUT2D eigenvalue weighted by molar-refractivity contribution is -0.135. The Morgan fingerprint density at radius 2 is 2.30 bits per heavy atom. The quantitative estimate of drug-likeness (QED) is 0.731. The van der Waals surface area contributed by atoms with Gasteiger partial charge < -0.3 is 9.64 Å². The number of rotatable bonds is 5. The van der Waals surface area contributed by atoms with Crippen LogP contribution in [0, 0.1) is 5.92 Å². The van der Waals surface area contributed by atoms with Crippen LogP contribution < -0.4 is 0 Å². The van der Waals surface area contributed by atoms with Crippen LogP contribution in [0.15, 0.2) is 12.2 Å². The molecule has 0 aromatic carbocycles. The number of amides is 1. The molecule has 3 rings (SSSR count). The van der Waals surface area contributed by atoms with Gasteiger partial charge in [0.2, 0.25) is 5.91 Å². The number of hydrogen-bond acceptors (Lipinski definition) is 3. The van der Waals surface area contributed by atoms with Crippen LogP contribution in [0.5, 0.6) is 0 Å². The maximum Gasteiger partial charge on any atom is 0.223 e. The topological polar surface area (TPSA) is 29.5 Å². The molecule has 20 heavy (non-hydrogen) atoms. The molecular formula is C16H25NO2S. The Kier molecular flexibility index (Phi) is 5.05. The molecule has 3 aliphatic rings. The van der Waals surface area contributed by atoms with Gasteiger partial charge >= 0.3 is 0 Å². The first-order valence-electron chi connectivity index (χ1n) is 7.98. The van der Waals surface area contributed by atoms with Crippen LogP contribution in [0.1, 0.15) is 38.5 Å². The fourth-order valence-corrected chi connectivity index (χ4v) is 4.66. The number of allylic oxidation sites excluding steroid dienone is 2. The normalized spacial score (nSPS) is 32.9. The van der Waals surface area contributed by atoms with Gasteiger partial charge in [0.25, 0.3) is 0 Å². The Balaban J connectivity index is 1.60. The second-order valence-electron chi connectivity index (χ2n) is 6.17. The lowest BCUT2D eigenvalue weighted by Gasteiger charge is -2.31. The molecule has 4 heteroatoms. The smallest absolute Gasteiger partial charge is 0.223 e. The Hall–Kier alpha value is -0.480. The van der Waals surface area contributed by atoms with Crippen LogP contribution in [0.2, 0.25) is 0 Å². The molecule has 0 bridgehead atoms. The third-order valence-corrected chi connectivity index (χ3v) is 5.79. The highest BCUT2D eigenvalue weighted by molar-refractivity contribution is 7.99. The molecule has 0 N–H and O–H groups in total. The Morgan fingerprint density at radius 1 is 1.35 bits per heavy atom. The Labute approximate surface area is 126 Å². The van der Waals surface area contributed by atoms with Crippen molar-refractivity contribution >= 4 is 17.7 Å². The van der Waals surface area contributed by atoms with Gasteiger partial charge in [-0.05, 0) is 43.8 Å². The third kappa shape index (κ3) is 3.59. The van der Waals surface area contributed by atoms with Crippen molar-refractivity contribution < 1.29 is 9.53 Å². The van der Waals surface area contributed by atoms with Crippen molar-refractivity contribution in [2.24, 2.45) is 5.92 Å². The largest absolute Gasteiger partial charge is 0.376 e. The molecule has 2 aliphatic heterocycles. The summed E-state index contributed by atoms with van der Waals surface area (Å²) in [5.41, 5.74) is 0. The molecule has 3 atom stereocenters. The van der Waals surface area contributed by atoms with Gasteiger partial charge in [0.15, 0.2) is 0 Å². The van der Waals surface area contributed by atoms with Gasteiger partial charge in [-0.1, -0.05) is 12.2 Å². The van der Waals surface area contributed by atoms with Crippen LogP contribution in [-0.2, 0) is 9.53 Å². The van der Waals surface area contributed by atoms with Crippen molar-refractivity contribution in [3.8, 4) is 0 Å². The van der Waals surface area contributed by atoms with Gasteiger partial charge in [0.1, 0.15) is 0 Å². The molecule has 0 unspecified atom stereocenters. The van der Waals surface area contributed by atoms with E-state index in [1.54, 1.807) is 0 Å². The number of carbonyl (C=O) groups is 1. The first-order valence-corrected chi connectivity index (χ1v) is 9.14. The predicted octanol–water partition coefficient (Wildman–Crippen LogP) is 2.86. The number of nitrogens with zero attached hydrogens (tertiary/aromatic N) is 1. The molecule has 1 aliphatic carbocycles. The molecule has 2 heterocycles. The van der Waals surface area contributed by atoms with Crippen molar-refractivity contribution in [2.75, 3.05) is 24.7 Å². The van der Waals surface area contributed by atoms with Gasteiger partial charge in [-0.2, -0.15) is 11.8 Å². The summed E-state index contributed by atoms with van der Waals surface area (Å²) < 4.78 is 5.75. The summed E-state index contributed by atoms with van der Waals surface area (Å²) in [6.45, 7) is 1.69. The first kappa shape index (κ1) is 14.5. The number of thioether (sulfide) groups is 1. The summed E-state index contributed by atoms with van der Waals surface area (Å²) >= 11 is 1.98. The number of ether oxygens (including phenoxy) is 1. The summed E-state index contributed by atoms with van der Waals surface area (Å²) in [4.78, 5) is 14.9. The minimum atomic E-state index is 0.281. The van der Waals surface area contributed by atoms with Crippen molar-refractivity contribution in [1.29, 1.82) is 0 Å². The van der Waals surface area contributed by atoms with E-state index in [9.17, 15) is 4.79 Å². The summed E-state index contributed by atoms with van der Waals surface area (Å²) in [6, 6.07) is 0.446. The van der Waals surface area contributed by atoms with Crippen LogP contribution in [0.3, 0.4) is 0 Å². The average molecular weight is 295 g/mol. The maximum absolute atomic E-state index is 12.7. The van der Waals surface area contributed by atoms with Gasteiger partial charge in [-0.15, -0.1) is 0 Å². The van der Waals surface area contributed by atoms with E-state index in [2.05, 4.69) is 17.1 Å². The SMILES string of the molecule is O=C(C[C@@H]1C=CCC1)N(C[C@@H]1CCCO1)[C@@H]1CCSC1. The van der Waals surface area contributed by atoms with Crippen molar-refractivity contribution in [3.05, 3.63) is 12.2 Å². The fraction of sp³-hybridized carbons (Fsp3) is 0.812. The van der Waals surface area contributed by atoms with Gasteiger partial charge in [-0.3, -0.25) is 4.79 Å². The highest BCUT2D eigenvalue weighted by Gasteiger charge is 2.31. The lowest BCUT2D eigenvalue weighted by Crippen LogP contribution is -2.45. The monoisotopic (exact) mass is 295 g/mol. The molecule has 0 saturated carbocycles. The summed E-state index contributed by atoms with van der Waals surface area (Å²) in [7, 11) is 0. The van der Waals surface area contributed by atoms with Crippen molar-refractivity contribution in [3.63, 3.8) is 0 Å². The molecule has 1 amide bonds. The molecule has 3 nitrogen and oxygen atoms in total. The van der Waals surface area contributed by atoms with Crippen LogP contribution in [-0.4, -0.2) is 47.6 Å². The van der Waals surface area contributed by atoms with E-state index >= 15 is 0 Å². The molecule has 0 aromatic rings. The van der Waals surface area contributed by atoms with E-state index in [1.807, 2.05) is 11.8 Å². The highest BCUT2D eigenvalue weighted by atomic mass is 32.2. The van der Waals surface area contributed by atoms with Gasteiger partial charge in [0, 0.05) is 31.4 Å². The highest BCUT2D eigenvalue weighted by Crippen LogP contribution is 2.27. The molecule has 2 saturated heterocycles. The third-order valence-electron chi connectivity index (χ3n) is 4.64. The Bertz CT molecular complexity index is 359. The molecule has 0 spiro atoms. The number of hydrogen-bond donors (Lipinski definition) is 0. The van der Waals surface area contributed by atoms with Gasteiger partial charge in [0.05, 0.1) is 6.10 Å². The minimum absolute atomic E-state index is 0.281. The summed E-state index contributed by atoms with van der Waals surface area (Å²) in [6.07, 6.45) is 11.1. The lowest BCUT2D eigenvalue weighted by atomic mass is 10.0. The summed E-state index contributed by atoms with van der Waals surface area (Å²) in [5, 5.41) is 0. The zero-order valence-corrected chi connectivity index (χ0v) is 12.9. The van der Waals surface area contributed by atoms with Crippen LogP contribution >= 0.6 is 11.8 Å². The van der Waals surface area contributed by atoms with Crippen molar-refractivity contribution in [1.82, 2.24) is 4.90 Å². The van der Waals surface area contributed by atoms with Gasteiger partial charge in [-0.25, -0.2) is 0 Å². The molecule has 2 fully saturated rings. The van der Waals surface area contributed by atoms with Crippen LogP contribution in [0.25, 0.3) is 0 Å². The predicted molar refractivity (Wildman–Crippen MR) is 82.9 cm³/mol. The maximum atomic E-state index is 12.7. The van der Waals surface area contributed by atoms with E-state index in [-0.39, 0.29) is 6.10 Å². The Morgan fingerprint density at radius 3 is 2.95 bits per heavy atom. The first-order chi connectivity index (χ1) is 9.83. The molecule has 112 valence electrons. The zero-order valence-electron chi connectivity index (χ0n) is 12.1. The minimum Gasteiger partial charge on any atom is -0.376 e.